The van der Waals surface area contributed by atoms with Gasteiger partial charge >= 0.3 is 0 Å². The quantitative estimate of drug-likeness (QED) is 0.688. The largest absolute Gasteiger partial charge is 0.317 e. The number of hydrogen-bond donors (Lipinski definition) is 1. The Kier molecular flexibility index (Phi) is 9.78. The van der Waals surface area contributed by atoms with Gasteiger partial charge in [0.1, 0.15) is 0 Å². The van der Waals surface area contributed by atoms with Gasteiger partial charge in [0, 0.05) is 0 Å². The van der Waals surface area contributed by atoms with E-state index in [-0.39, 0.29) is 0 Å². The van der Waals surface area contributed by atoms with Gasteiger partial charge in [0.2, 0.25) is 0 Å². The van der Waals surface area contributed by atoms with Gasteiger partial charge in [-0.3, -0.25) is 0 Å². The maximum Gasteiger partial charge on any atom is -0.00488 e. The fraction of sp³-hybridized carbons (Fsp3) is 1.00. The van der Waals surface area contributed by atoms with E-state index in [1.54, 1.807) is 0 Å². The molecule has 0 radical (unpaired) electrons. The van der Waals surface area contributed by atoms with E-state index in [1.807, 2.05) is 0 Å². The lowest BCUT2D eigenvalue weighted by molar-refractivity contribution is 0.366. The van der Waals surface area contributed by atoms with Crippen LogP contribution in [0.4, 0.5) is 0 Å². The molecule has 1 nitrogen and oxygen atoms in total. The van der Waals surface area contributed by atoms with Crippen molar-refractivity contribution in [3.05, 3.63) is 0 Å². The SMILES string of the molecule is CCCCCC1CCCCCCCNCCC1. The molecule has 1 unspecified atom stereocenters. The summed E-state index contributed by atoms with van der Waals surface area (Å²) in [6.45, 7) is 4.82. The smallest absolute Gasteiger partial charge is 0.00488 e. The molecule has 1 heteroatoms. The van der Waals surface area contributed by atoms with E-state index < -0.39 is 0 Å². The van der Waals surface area contributed by atoms with E-state index in [4.69, 9.17) is 0 Å². The third kappa shape index (κ3) is 8.65. The lowest BCUT2D eigenvalue weighted by Gasteiger charge is -2.18. The molecular weight excluding hydrogens is 206 g/mol. The first-order valence-electron chi connectivity index (χ1n) is 8.14. The molecule has 1 N–H and O–H groups in total. The molecule has 1 aliphatic heterocycles. The van der Waals surface area contributed by atoms with Crippen molar-refractivity contribution < 1.29 is 0 Å². The maximum absolute atomic E-state index is 3.59. The number of hydrogen-bond acceptors (Lipinski definition) is 1. The van der Waals surface area contributed by atoms with Crippen LogP contribution in [0.25, 0.3) is 0 Å². The summed E-state index contributed by atoms with van der Waals surface area (Å²) in [5.74, 6) is 1.03. The van der Waals surface area contributed by atoms with E-state index in [0.717, 1.165) is 5.92 Å². The third-order valence-corrected chi connectivity index (χ3v) is 4.15. The maximum atomic E-state index is 3.59. The molecule has 0 amide bonds. The molecule has 1 rings (SSSR count). The zero-order valence-corrected chi connectivity index (χ0v) is 12.0. The van der Waals surface area contributed by atoms with Crippen molar-refractivity contribution in [2.75, 3.05) is 13.1 Å². The van der Waals surface area contributed by atoms with E-state index in [1.165, 1.54) is 90.1 Å². The number of rotatable bonds is 4. The van der Waals surface area contributed by atoms with E-state index in [2.05, 4.69) is 12.2 Å². The summed E-state index contributed by atoms with van der Waals surface area (Å²) in [6.07, 6.45) is 17.4. The lowest BCUT2D eigenvalue weighted by Crippen LogP contribution is -2.18. The van der Waals surface area contributed by atoms with E-state index >= 15 is 0 Å². The zero-order valence-electron chi connectivity index (χ0n) is 12.0. The van der Waals surface area contributed by atoms with Crippen LogP contribution in [0.1, 0.15) is 84.0 Å². The predicted octanol–water partition coefficient (Wildman–Crippen LogP) is 4.91. The molecule has 0 saturated carbocycles. The van der Waals surface area contributed by atoms with E-state index in [9.17, 15) is 0 Å². The topological polar surface area (TPSA) is 12.0 Å². The second kappa shape index (κ2) is 11.1. The molecular formula is C16H33N. The fourth-order valence-corrected chi connectivity index (χ4v) is 2.97. The molecule has 1 fully saturated rings. The molecule has 0 spiro atoms. The Labute approximate surface area is 109 Å². The van der Waals surface area contributed by atoms with Gasteiger partial charge in [-0.25, -0.2) is 0 Å². The summed E-state index contributed by atoms with van der Waals surface area (Å²) >= 11 is 0. The van der Waals surface area contributed by atoms with Gasteiger partial charge in [0.25, 0.3) is 0 Å². The average molecular weight is 239 g/mol. The van der Waals surface area contributed by atoms with E-state index in [0.29, 0.717) is 0 Å². The first-order valence-corrected chi connectivity index (χ1v) is 8.14. The zero-order chi connectivity index (χ0) is 12.2. The van der Waals surface area contributed by atoms with Gasteiger partial charge in [0.05, 0.1) is 0 Å². The van der Waals surface area contributed by atoms with Crippen LogP contribution in [-0.2, 0) is 0 Å². The first kappa shape index (κ1) is 15.0. The Balaban J connectivity index is 2.17. The Bertz CT molecular complexity index is 144. The van der Waals surface area contributed by atoms with Crippen LogP contribution in [0.15, 0.2) is 0 Å². The Morgan fingerprint density at radius 1 is 0.824 bits per heavy atom. The summed E-state index contributed by atoms with van der Waals surface area (Å²) in [5.41, 5.74) is 0. The highest BCUT2D eigenvalue weighted by atomic mass is 14.8. The minimum Gasteiger partial charge on any atom is -0.317 e. The van der Waals surface area contributed by atoms with Gasteiger partial charge in [-0.2, -0.15) is 0 Å². The van der Waals surface area contributed by atoms with Crippen molar-refractivity contribution in [2.45, 2.75) is 84.0 Å². The summed E-state index contributed by atoms with van der Waals surface area (Å²) < 4.78 is 0. The molecule has 0 aromatic rings. The van der Waals surface area contributed by atoms with Crippen molar-refractivity contribution in [1.29, 1.82) is 0 Å². The average Bonchev–Trinajstić information content (AvgIpc) is 2.32. The Morgan fingerprint density at radius 2 is 1.53 bits per heavy atom. The van der Waals surface area contributed by atoms with Gasteiger partial charge < -0.3 is 5.32 Å². The molecule has 0 aromatic carbocycles. The van der Waals surface area contributed by atoms with Gasteiger partial charge in [-0.15, -0.1) is 0 Å². The predicted molar refractivity (Wildman–Crippen MR) is 77.4 cm³/mol. The summed E-state index contributed by atoms with van der Waals surface area (Å²) in [5, 5.41) is 3.59. The van der Waals surface area contributed by atoms with Crippen molar-refractivity contribution in [1.82, 2.24) is 5.32 Å². The third-order valence-electron chi connectivity index (χ3n) is 4.15. The highest BCUT2D eigenvalue weighted by molar-refractivity contribution is 4.63. The fourth-order valence-electron chi connectivity index (χ4n) is 2.97. The molecule has 1 aliphatic rings. The van der Waals surface area contributed by atoms with Gasteiger partial charge in [-0.1, -0.05) is 64.7 Å². The van der Waals surface area contributed by atoms with Crippen LogP contribution in [0.2, 0.25) is 0 Å². The van der Waals surface area contributed by atoms with Crippen LogP contribution < -0.4 is 5.32 Å². The summed E-state index contributed by atoms with van der Waals surface area (Å²) in [6, 6.07) is 0. The first-order chi connectivity index (χ1) is 8.43. The molecule has 0 bridgehead atoms. The minimum atomic E-state index is 1.03. The van der Waals surface area contributed by atoms with Crippen LogP contribution in [0.5, 0.6) is 0 Å². The van der Waals surface area contributed by atoms with Crippen LogP contribution in [0, 0.1) is 5.92 Å². The van der Waals surface area contributed by atoms with Crippen molar-refractivity contribution in [3.63, 3.8) is 0 Å². The summed E-state index contributed by atoms with van der Waals surface area (Å²) in [4.78, 5) is 0. The summed E-state index contributed by atoms with van der Waals surface area (Å²) in [7, 11) is 0. The molecule has 102 valence electrons. The lowest BCUT2D eigenvalue weighted by atomic mass is 9.90. The second-order valence-electron chi connectivity index (χ2n) is 5.81. The molecule has 17 heavy (non-hydrogen) atoms. The van der Waals surface area contributed by atoms with Crippen LogP contribution in [0.3, 0.4) is 0 Å². The normalized spacial score (nSPS) is 24.9. The van der Waals surface area contributed by atoms with Gasteiger partial charge in [0.15, 0.2) is 0 Å². The molecule has 1 atom stereocenters. The molecule has 1 heterocycles. The molecule has 0 aromatic heterocycles. The van der Waals surface area contributed by atoms with Crippen molar-refractivity contribution in [3.8, 4) is 0 Å². The van der Waals surface area contributed by atoms with Crippen LogP contribution in [-0.4, -0.2) is 13.1 Å². The van der Waals surface area contributed by atoms with Crippen molar-refractivity contribution in [2.24, 2.45) is 5.92 Å². The second-order valence-corrected chi connectivity index (χ2v) is 5.81. The van der Waals surface area contributed by atoms with Crippen LogP contribution >= 0.6 is 0 Å². The highest BCUT2D eigenvalue weighted by Crippen LogP contribution is 2.22. The monoisotopic (exact) mass is 239 g/mol. The molecule has 1 saturated heterocycles. The number of unbranched alkanes of at least 4 members (excludes halogenated alkanes) is 2. The highest BCUT2D eigenvalue weighted by Gasteiger charge is 2.08. The Morgan fingerprint density at radius 3 is 2.41 bits per heavy atom. The molecule has 0 aliphatic carbocycles. The standard InChI is InChI=1S/C16H33N/c1-2-3-7-11-16-12-8-5-4-6-9-14-17-15-10-13-16/h16-17H,2-15H2,1H3. The van der Waals surface area contributed by atoms with Gasteiger partial charge in [-0.05, 0) is 38.3 Å². The van der Waals surface area contributed by atoms with Crippen molar-refractivity contribution >= 4 is 0 Å². The Hall–Kier alpha value is -0.0400. The minimum absolute atomic E-state index is 1.03. The number of nitrogens with one attached hydrogen (secondary N) is 1.